The van der Waals surface area contributed by atoms with Gasteiger partial charge >= 0.3 is 30.7 Å². The van der Waals surface area contributed by atoms with Crippen LogP contribution < -0.4 is 37.6 Å². The molecule has 21 nitrogen and oxygen atoms in total. The van der Waals surface area contributed by atoms with Gasteiger partial charge in [-0.3, -0.25) is 4.79 Å². The van der Waals surface area contributed by atoms with Gasteiger partial charge in [-0.25, -0.2) is 39.5 Å². The van der Waals surface area contributed by atoms with Crippen LogP contribution in [0.15, 0.2) is 61.4 Å². The molecule has 87 heavy (non-hydrogen) atoms. The Kier molecular flexibility index (Phi) is 23.6. The molecule has 8 atom stereocenters. The maximum Gasteiger partial charge on any atom is 0.434 e. The minimum absolute atomic E-state index is 0.0435. The van der Waals surface area contributed by atoms with Crippen LogP contribution in [0.25, 0.3) is 5.69 Å². The molecule has 9 rings (SSSR count). The second-order valence-corrected chi connectivity index (χ2v) is 23.8. The highest BCUT2D eigenvalue weighted by atomic mass is 35.5. The SMILES string of the molecule is CC(C)(C)OC(=O)N[C@H]1CCC[C@@H]1N.CC(C)(C)OC(=O)N[C@H]1CCC[C@@H]1Nc1cnc(C(F)(F)F)cn1.C[C@H]1CCC[C@@H]1Nc1ncc(C(F)(F)F)nc1Cl.O=C(N[C@H]1CCC[C@@H]1Nc1ncc(C(F)(F)F)nc1Cl)c1ccccc1-n1nccn1. The summed E-state index contributed by atoms with van der Waals surface area (Å²) in [6, 6.07) is 6.45. The van der Waals surface area contributed by atoms with E-state index in [1.807, 2.05) is 20.8 Å². The van der Waals surface area contributed by atoms with Crippen molar-refractivity contribution >= 4 is 58.7 Å². The molecule has 0 radical (unpaired) electrons. The van der Waals surface area contributed by atoms with Crippen molar-refractivity contribution in [2.24, 2.45) is 11.7 Å². The van der Waals surface area contributed by atoms with Gasteiger partial charge < -0.3 is 47.1 Å². The molecule has 4 saturated carbocycles. The van der Waals surface area contributed by atoms with E-state index in [1.165, 1.54) is 17.2 Å². The van der Waals surface area contributed by atoms with E-state index in [2.05, 4.69) is 78.9 Å². The van der Waals surface area contributed by atoms with E-state index in [9.17, 15) is 53.9 Å². The molecule has 0 saturated heterocycles. The van der Waals surface area contributed by atoms with Crippen molar-refractivity contribution in [1.29, 1.82) is 0 Å². The lowest BCUT2D eigenvalue weighted by Gasteiger charge is -2.25. The summed E-state index contributed by atoms with van der Waals surface area (Å²) in [5.74, 6) is 0.664. The van der Waals surface area contributed by atoms with Crippen molar-refractivity contribution < 1.29 is 63.4 Å². The molecule has 8 N–H and O–H groups in total. The second kappa shape index (κ2) is 29.7. The van der Waals surface area contributed by atoms with Crippen molar-refractivity contribution in [1.82, 2.24) is 60.8 Å². The maximum atomic E-state index is 12.9. The summed E-state index contributed by atoms with van der Waals surface area (Å²) in [4.78, 5) is 58.8. The van der Waals surface area contributed by atoms with Crippen LogP contribution in [0.5, 0.6) is 0 Å². The molecule has 3 amide bonds. The average Bonchev–Trinajstić information content (AvgIpc) is 2.29. The number of hydrogen-bond acceptors (Lipinski definition) is 17. The number of alkyl carbamates (subject to hydrolysis) is 2. The van der Waals surface area contributed by atoms with Gasteiger partial charge in [-0.2, -0.15) is 54.5 Å². The summed E-state index contributed by atoms with van der Waals surface area (Å²) in [7, 11) is 0. The van der Waals surface area contributed by atoms with Crippen LogP contribution in [-0.2, 0) is 28.0 Å². The van der Waals surface area contributed by atoms with Crippen molar-refractivity contribution in [2.45, 2.75) is 198 Å². The molecule has 4 aliphatic carbocycles. The number of nitrogens with zero attached hydrogens (tertiary/aromatic N) is 9. The summed E-state index contributed by atoms with van der Waals surface area (Å²) in [6.45, 7) is 13.0. The number of amides is 3. The number of hydrogen-bond donors (Lipinski definition) is 7. The Bertz CT molecular complexity index is 3040. The van der Waals surface area contributed by atoms with Gasteiger partial charge in [0.1, 0.15) is 17.0 Å². The average molecular weight is 1280 g/mol. The lowest BCUT2D eigenvalue weighted by molar-refractivity contribution is -0.142. The Hall–Kier alpha value is -7.08. The molecule has 0 unspecified atom stereocenters. The van der Waals surface area contributed by atoms with Gasteiger partial charge in [0, 0.05) is 36.3 Å². The van der Waals surface area contributed by atoms with E-state index in [-0.39, 0.29) is 82.1 Å². The number of nitrogens with one attached hydrogen (secondary N) is 6. The zero-order valence-corrected chi connectivity index (χ0v) is 50.2. The number of aromatic nitrogens is 9. The van der Waals surface area contributed by atoms with Gasteiger partial charge in [-0.1, -0.05) is 48.7 Å². The fraction of sp³-hybridized carbons (Fsp3) is 0.582. The normalized spacial score (nSPS) is 22.0. The third-order valence-electron chi connectivity index (χ3n) is 13.9. The number of nitrogens with two attached hydrogens (primary N) is 1. The van der Waals surface area contributed by atoms with Crippen LogP contribution in [0.4, 0.5) is 66.6 Å². The molecule has 4 fully saturated rings. The number of carbonyl (C=O) groups is 3. The van der Waals surface area contributed by atoms with Crippen molar-refractivity contribution in [3.63, 3.8) is 0 Å². The molecule has 5 aromatic rings. The fourth-order valence-corrected chi connectivity index (χ4v) is 10.2. The van der Waals surface area contributed by atoms with Crippen LogP contribution in [-0.4, -0.2) is 116 Å². The maximum absolute atomic E-state index is 12.9. The highest BCUT2D eigenvalue weighted by molar-refractivity contribution is 6.32. The summed E-state index contributed by atoms with van der Waals surface area (Å²) in [6.07, 6.45) is 2.36. The summed E-state index contributed by atoms with van der Waals surface area (Å²) in [5, 5.41) is 25.2. The van der Waals surface area contributed by atoms with E-state index in [1.54, 1.807) is 45.0 Å². The van der Waals surface area contributed by atoms with Crippen molar-refractivity contribution in [3.8, 4) is 5.69 Å². The largest absolute Gasteiger partial charge is 0.444 e. The molecule has 478 valence electrons. The van der Waals surface area contributed by atoms with Crippen LogP contribution in [0, 0.1) is 5.92 Å². The molecular formula is C55H71Cl2F9N16O5. The predicted molar refractivity (Wildman–Crippen MR) is 305 cm³/mol. The molecule has 0 spiro atoms. The minimum atomic E-state index is -4.63. The number of carbonyl (C=O) groups excluding carboxylic acids is 3. The van der Waals surface area contributed by atoms with E-state index < -0.39 is 52.9 Å². The molecule has 1 aromatic carbocycles. The number of para-hydroxylation sites is 1. The van der Waals surface area contributed by atoms with E-state index in [0.29, 0.717) is 48.6 Å². The molecule has 32 heteroatoms. The van der Waals surface area contributed by atoms with Gasteiger partial charge in [0.15, 0.2) is 39.0 Å². The molecule has 4 heterocycles. The van der Waals surface area contributed by atoms with Gasteiger partial charge in [0.2, 0.25) is 0 Å². The molecular weight excluding hydrogens is 1210 g/mol. The Morgan fingerprint density at radius 2 is 0.977 bits per heavy atom. The van der Waals surface area contributed by atoms with Crippen LogP contribution in [0.1, 0.15) is 153 Å². The highest BCUT2D eigenvalue weighted by Crippen LogP contribution is 2.35. The number of benzene rings is 1. The zero-order valence-electron chi connectivity index (χ0n) is 48.7. The number of rotatable bonds is 11. The van der Waals surface area contributed by atoms with Crippen LogP contribution in [0.2, 0.25) is 10.3 Å². The van der Waals surface area contributed by atoms with Crippen molar-refractivity contribution in [3.05, 3.63) is 94.4 Å². The topological polar surface area (TPSA) is 276 Å². The number of ether oxygens (including phenoxy) is 2. The number of alkyl halides is 9. The lowest BCUT2D eigenvalue weighted by atomic mass is 10.1. The van der Waals surface area contributed by atoms with Gasteiger partial charge in [0.25, 0.3) is 5.91 Å². The van der Waals surface area contributed by atoms with Gasteiger partial charge in [-0.15, -0.1) is 0 Å². The number of halogens is 11. The Balaban J connectivity index is 0.000000193. The second-order valence-electron chi connectivity index (χ2n) is 23.1. The van der Waals surface area contributed by atoms with E-state index in [0.717, 1.165) is 70.4 Å². The van der Waals surface area contributed by atoms with Gasteiger partial charge in [0.05, 0.1) is 54.5 Å². The van der Waals surface area contributed by atoms with E-state index >= 15 is 0 Å². The number of anilines is 3. The predicted octanol–water partition coefficient (Wildman–Crippen LogP) is 12.0. The lowest BCUT2D eigenvalue weighted by Crippen LogP contribution is -2.45. The first-order valence-corrected chi connectivity index (χ1v) is 28.8. The summed E-state index contributed by atoms with van der Waals surface area (Å²) >= 11 is 11.6. The third-order valence-corrected chi connectivity index (χ3v) is 14.5. The fourth-order valence-electron chi connectivity index (χ4n) is 9.77. The van der Waals surface area contributed by atoms with Crippen LogP contribution >= 0.6 is 23.2 Å². The zero-order chi connectivity index (χ0) is 64.1. The molecule has 0 bridgehead atoms. The third kappa shape index (κ3) is 21.6. The molecule has 4 aliphatic rings. The molecule has 4 aromatic heterocycles. The molecule has 0 aliphatic heterocycles. The van der Waals surface area contributed by atoms with E-state index in [4.69, 9.17) is 38.4 Å². The summed E-state index contributed by atoms with van der Waals surface area (Å²) in [5.41, 5.74) is 2.45. The van der Waals surface area contributed by atoms with Gasteiger partial charge in [-0.05, 0) is 130 Å². The first kappa shape index (κ1) is 69.0. The summed E-state index contributed by atoms with van der Waals surface area (Å²) < 4.78 is 123. The first-order valence-electron chi connectivity index (χ1n) is 28.0. The highest BCUT2D eigenvalue weighted by Gasteiger charge is 2.38. The Morgan fingerprint density at radius 3 is 1.44 bits per heavy atom. The first-order chi connectivity index (χ1) is 40.6. The Morgan fingerprint density at radius 1 is 0.540 bits per heavy atom. The smallest absolute Gasteiger partial charge is 0.434 e. The minimum Gasteiger partial charge on any atom is -0.444 e. The standard InChI is InChI=1S/C19H17ClF3N7O.C15H21F3N4O2.C11H13ClF3N3.C10H20N2O2/c20-16-17(24-10-15(29-16)19(21,22)23)27-12-5-3-6-13(12)28-18(31)11-4-1-2-7-14(11)30-25-8-9-26-30;1-14(2,3)24-13(23)22-10-6-4-5-9(10)21-12-8-19-11(7-20-12)15(16,17)18;1-6-3-2-4-7(6)17-10-9(12)18-8(5-16-10)11(13,14)15;1-10(2,3)14-9(13)12-8-6-4-5-7(8)11/h1-2,4,7-10,12-13H,3,5-6H2,(H,24,27)(H,28,31);7-10H,4-6H2,1-3H3,(H,20,21)(H,22,23);5-7H,2-4H2,1H3,(H,16,17);7-8H,4-6,11H2,1-3H3,(H,12,13)/t12-,13-;9-,10-;6-,7-;7-,8-/m0000/s1. The van der Waals surface area contributed by atoms with Crippen molar-refractivity contribution in [2.75, 3.05) is 16.0 Å². The monoisotopic (exact) mass is 1280 g/mol. The quantitative estimate of drug-likeness (QED) is 0.0605. The van der Waals surface area contributed by atoms with Crippen LogP contribution in [0.3, 0.4) is 0 Å². The Labute approximate surface area is 506 Å².